The standard InChI is InChI=1S/C10H21NS/c1-9(2)5-6-11-7-10(3)8-12-4/h5,10-11H,6-8H2,1-4H3. The molecule has 0 saturated heterocycles. The molecule has 12 heavy (non-hydrogen) atoms. The van der Waals surface area contributed by atoms with E-state index in [1.807, 2.05) is 11.8 Å². The minimum absolute atomic E-state index is 0.783. The van der Waals surface area contributed by atoms with Crippen LogP contribution >= 0.6 is 11.8 Å². The number of hydrogen-bond acceptors (Lipinski definition) is 2. The SMILES string of the molecule is CSCC(C)CNCC=C(C)C. The summed E-state index contributed by atoms with van der Waals surface area (Å²) in [5.74, 6) is 2.03. The van der Waals surface area contributed by atoms with Gasteiger partial charge in [0.2, 0.25) is 0 Å². The Hall–Kier alpha value is 0.0500. The van der Waals surface area contributed by atoms with E-state index in [0.717, 1.165) is 19.0 Å². The van der Waals surface area contributed by atoms with Gasteiger partial charge in [0.25, 0.3) is 0 Å². The Bertz CT molecular complexity index is 128. The molecule has 1 atom stereocenters. The highest BCUT2D eigenvalue weighted by atomic mass is 32.2. The average Bonchev–Trinajstić information content (AvgIpc) is 1.98. The highest BCUT2D eigenvalue weighted by Gasteiger charge is 1.97. The van der Waals surface area contributed by atoms with Crippen molar-refractivity contribution >= 4 is 11.8 Å². The van der Waals surface area contributed by atoms with Crippen molar-refractivity contribution in [3.05, 3.63) is 11.6 Å². The maximum atomic E-state index is 3.41. The summed E-state index contributed by atoms with van der Waals surface area (Å²) < 4.78 is 0. The summed E-state index contributed by atoms with van der Waals surface area (Å²) in [6, 6.07) is 0. The zero-order valence-corrected chi connectivity index (χ0v) is 9.50. The summed E-state index contributed by atoms with van der Waals surface area (Å²) in [5, 5.41) is 3.41. The van der Waals surface area contributed by atoms with Gasteiger partial charge in [-0.25, -0.2) is 0 Å². The van der Waals surface area contributed by atoms with Gasteiger partial charge in [0.05, 0.1) is 0 Å². The van der Waals surface area contributed by atoms with E-state index in [1.54, 1.807) is 0 Å². The van der Waals surface area contributed by atoms with Crippen molar-refractivity contribution in [3.8, 4) is 0 Å². The van der Waals surface area contributed by atoms with Gasteiger partial charge in [-0.15, -0.1) is 0 Å². The van der Waals surface area contributed by atoms with Crippen LogP contribution in [0.4, 0.5) is 0 Å². The summed E-state index contributed by atoms with van der Waals surface area (Å²) >= 11 is 1.92. The Balaban J connectivity index is 3.25. The van der Waals surface area contributed by atoms with Crippen molar-refractivity contribution in [3.63, 3.8) is 0 Å². The van der Waals surface area contributed by atoms with E-state index in [4.69, 9.17) is 0 Å². The quantitative estimate of drug-likeness (QED) is 0.506. The fraction of sp³-hybridized carbons (Fsp3) is 0.800. The smallest absolute Gasteiger partial charge is 0.0137 e. The minimum Gasteiger partial charge on any atom is -0.313 e. The number of allylic oxidation sites excluding steroid dienone is 1. The lowest BCUT2D eigenvalue weighted by Crippen LogP contribution is -2.22. The van der Waals surface area contributed by atoms with Crippen LogP contribution in [0.25, 0.3) is 0 Å². The molecule has 0 aromatic heterocycles. The Kier molecular flexibility index (Phi) is 7.72. The minimum atomic E-state index is 0.783. The zero-order valence-electron chi connectivity index (χ0n) is 8.68. The van der Waals surface area contributed by atoms with E-state index >= 15 is 0 Å². The second-order valence-corrected chi connectivity index (χ2v) is 4.41. The van der Waals surface area contributed by atoms with E-state index in [1.165, 1.54) is 11.3 Å². The molecule has 0 spiro atoms. The molecule has 0 heterocycles. The van der Waals surface area contributed by atoms with Gasteiger partial charge in [0.1, 0.15) is 0 Å². The first-order valence-corrected chi connectivity index (χ1v) is 5.89. The molecule has 0 aliphatic rings. The first kappa shape index (κ1) is 12.0. The molecule has 0 amide bonds. The fourth-order valence-corrected chi connectivity index (χ4v) is 1.64. The van der Waals surface area contributed by atoms with Gasteiger partial charge < -0.3 is 5.32 Å². The van der Waals surface area contributed by atoms with Crippen LogP contribution in [0, 0.1) is 5.92 Å². The summed E-state index contributed by atoms with van der Waals surface area (Å²) in [7, 11) is 0. The monoisotopic (exact) mass is 187 g/mol. The molecule has 2 heteroatoms. The van der Waals surface area contributed by atoms with Crippen molar-refractivity contribution < 1.29 is 0 Å². The number of nitrogens with one attached hydrogen (secondary N) is 1. The highest BCUT2D eigenvalue weighted by molar-refractivity contribution is 7.98. The largest absolute Gasteiger partial charge is 0.313 e. The van der Waals surface area contributed by atoms with Crippen LogP contribution in [0.3, 0.4) is 0 Å². The third kappa shape index (κ3) is 8.15. The molecular weight excluding hydrogens is 166 g/mol. The molecule has 0 aliphatic heterocycles. The number of rotatable bonds is 6. The van der Waals surface area contributed by atoms with Crippen molar-refractivity contribution in [1.82, 2.24) is 5.32 Å². The molecule has 0 fully saturated rings. The molecule has 0 rings (SSSR count). The first-order valence-electron chi connectivity index (χ1n) is 4.49. The van der Waals surface area contributed by atoms with E-state index in [-0.39, 0.29) is 0 Å². The second kappa shape index (κ2) is 7.69. The van der Waals surface area contributed by atoms with Crippen LogP contribution in [0.15, 0.2) is 11.6 Å². The second-order valence-electron chi connectivity index (χ2n) is 3.50. The van der Waals surface area contributed by atoms with Gasteiger partial charge in [-0.2, -0.15) is 11.8 Å². The molecule has 0 saturated carbocycles. The van der Waals surface area contributed by atoms with E-state index in [9.17, 15) is 0 Å². The fourth-order valence-electron chi connectivity index (χ4n) is 0.949. The molecule has 0 bridgehead atoms. The van der Waals surface area contributed by atoms with E-state index in [0.29, 0.717) is 0 Å². The topological polar surface area (TPSA) is 12.0 Å². The lowest BCUT2D eigenvalue weighted by molar-refractivity contribution is 0.584. The lowest BCUT2D eigenvalue weighted by atomic mass is 10.2. The van der Waals surface area contributed by atoms with Gasteiger partial charge in [-0.05, 0) is 38.3 Å². The van der Waals surface area contributed by atoms with Gasteiger partial charge in [0.15, 0.2) is 0 Å². The molecule has 1 unspecified atom stereocenters. The molecule has 0 aromatic carbocycles. The third-order valence-electron chi connectivity index (χ3n) is 1.60. The summed E-state index contributed by atoms with van der Waals surface area (Å²) in [6.07, 6.45) is 4.39. The van der Waals surface area contributed by atoms with Crippen molar-refractivity contribution in [2.45, 2.75) is 20.8 Å². The Morgan fingerprint density at radius 1 is 1.50 bits per heavy atom. The van der Waals surface area contributed by atoms with Crippen molar-refractivity contribution in [2.24, 2.45) is 5.92 Å². The summed E-state index contributed by atoms with van der Waals surface area (Å²) in [5.41, 5.74) is 1.39. The predicted octanol–water partition coefficient (Wildman–Crippen LogP) is 2.54. The van der Waals surface area contributed by atoms with Crippen LogP contribution in [0.5, 0.6) is 0 Å². The Labute approximate surface area is 81.0 Å². The number of thioether (sulfide) groups is 1. The Morgan fingerprint density at radius 3 is 2.67 bits per heavy atom. The normalized spacial score (nSPS) is 12.7. The van der Waals surface area contributed by atoms with Crippen molar-refractivity contribution in [1.29, 1.82) is 0 Å². The molecular formula is C10H21NS. The first-order chi connectivity index (χ1) is 5.66. The maximum absolute atomic E-state index is 3.41. The zero-order chi connectivity index (χ0) is 9.40. The van der Waals surface area contributed by atoms with E-state index < -0.39 is 0 Å². The summed E-state index contributed by atoms with van der Waals surface area (Å²) in [4.78, 5) is 0. The lowest BCUT2D eigenvalue weighted by Gasteiger charge is -2.09. The van der Waals surface area contributed by atoms with Crippen LogP contribution in [-0.4, -0.2) is 25.1 Å². The van der Waals surface area contributed by atoms with Crippen LogP contribution in [0.2, 0.25) is 0 Å². The van der Waals surface area contributed by atoms with Gasteiger partial charge in [-0.3, -0.25) is 0 Å². The van der Waals surface area contributed by atoms with Gasteiger partial charge in [0, 0.05) is 6.54 Å². The average molecular weight is 187 g/mol. The maximum Gasteiger partial charge on any atom is 0.0137 e. The predicted molar refractivity (Wildman–Crippen MR) is 59.8 cm³/mol. The third-order valence-corrected chi connectivity index (χ3v) is 2.50. The summed E-state index contributed by atoms with van der Waals surface area (Å²) in [6.45, 7) is 8.69. The van der Waals surface area contributed by atoms with E-state index in [2.05, 4.69) is 38.4 Å². The molecule has 0 radical (unpaired) electrons. The highest BCUT2D eigenvalue weighted by Crippen LogP contribution is 2.02. The van der Waals surface area contributed by atoms with Crippen molar-refractivity contribution in [2.75, 3.05) is 25.1 Å². The van der Waals surface area contributed by atoms with Gasteiger partial charge >= 0.3 is 0 Å². The molecule has 0 aliphatic carbocycles. The number of hydrogen-bond donors (Lipinski definition) is 1. The molecule has 1 N–H and O–H groups in total. The van der Waals surface area contributed by atoms with Gasteiger partial charge in [-0.1, -0.05) is 18.6 Å². The van der Waals surface area contributed by atoms with Crippen LogP contribution < -0.4 is 5.32 Å². The van der Waals surface area contributed by atoms with Crippen LogP contribution in [-0.2, 0) is 0 Å². The van der Waals surface area contributed by atoms with Crippen LogP contribution in [0.1, 0.15) is 20.8 Å². The molecule has 1 nitrogen and oxygen atoms in total. The Morgan fingerprint density at radius 2 is 2.17 bits per heavy atom. The molecule has 0 aromatic rings. The molecule has 72 valence electrons.